The Balaban J connectivity index is 2.27. The smallest absolute Gasteiger partial charge is 0.462 e. The van der Waals surface area contributed by atoms with Gasteiger partial charge in [0.2, 0.25) is 0 Å². The largest absolute Gasteiger partial charge is 0.513 e. The van der Waals surface area contributed by atoms with Gasteiger partial charge in [0.05, 0.1) is 11.1 Å². The van der Waals surface area contributed by atoms with Crippen LogP contribution in [0.4, 0.5) is 0 Å². The Morgan fingerprint density at radius 2 is 1.78 bits per heavy atom. The first-order valence-corrected chi connectivity index (χ1v) is 10.9. The molecule has 9 heteroatoms. The minimum atomic E-state index is -4.01. The Labute approximate surface area is 171 Å². The van der Waals surface area contributed by atoms with E-state index in [1.54, 1.807) is 62.4 Å². The number of benzene rings is 2. The standard InChI is InChI=1S/C18H20BrClNO5P/c1-12(2)24-18(22)13(3)21-27(23,25-15-7-5-4-6-8-15)26-17-10-9-14(19)11-16(17)20/h4-13H,1-3H3,(H,21,23)/t13-,27?/m0/s1. The number of nitrogens with one attached hydrogen (secondary N) is 1. The third-order valence-corrected chi connectivity index (χ3v) is 5.52. The fourth-order valence-electron chi connectivity index (χ4n) is 1.99. The minimum Gasteiger partial charge on any atom is -0.462 e. The quantitative estimate of drug-likeness (QED) is 0.395. The second kappa shape index (κ2) is 9.60. The van der Waals surface area contributed by atoms with Gasteiger partial charge in [-0.25, -0.2) is 4.57 Å². The van der Waals surface area contributed by atoms with E-state index in [4.69, 9.17) is 25.4 Å². The number of esters is 1. The van der Waals surface area contributed by atoms with Crippen LogP contribution in [0.1, 0.15) is 20.8 Å². The first kappa shape index (κ1) is 21.8. The maximum atomic E-state index is 13.4. The lowest BCUT2D eigenvalue weighted by Crippen LogP contribution is -2.36. The fraction of sp³-hybridized carbons (Fsp3) is 0.278. The molecule has 0 aliphatic heterocycles. The molecular formula is C18H20BrClNO5P. The SMILES string of the molecule is CC(C)OC(=O)[C@H](C)NP(=O)(Oc1ccccc1)Oc1ccc(Br)cc1Cl. The molecule has 2 aromatic carbocycles. The number of hydrogen-bond donors (Lipinski definition) is 1. The summed E-state index contributed by atoms with van der Waals surface area (Å²) in [6.07, 6.45) is -0.307. The third-order valence-electron chi connectivity index (χ3n) is 3.14. The molecule has 0 aliphatic rings. The highest BCUT2D eigenvalue weighted by Gasteiger charge is 2.34. The van der Waals surface area contributed by atoms with Crippen LogP contribution in [-0.2, 0) is 14.1 Å². The van der Waals surface area contributed by atoms with Crippen molar-refractivity contribution in [1.82, 2.24) is 5.09 Å². The van der Waals surface area contributed by atoms with Gasteiger partial charge in [-0.2, -0.15) is 5.09 Å². The predicted octanol–water partition coefficient (Wildman–Crippen LogP) is 5.60. The van der Waals surface area contributed by atoms with Crippen LogP contribution in [0.15, 0.2) is 53.0 Å². The van der Waals surface area contributed by atoms with E-state index in [1.165, 1.54) is 6.92 Å². The van der Waals surface area contributed by atoms with E-state index in [9.17, 15) is 9.36 Å². The summed E-state index contributed by atoms with van der Waals surface area (Å²) in [6, 6.07) is 12.4. The molecule has 0 fully saturated rings. The van der Waals surface area contributed by atoms with Gasteiger partial charge in [0.15, 0.2) is 0 Å². The topological polar surface area (TPSA) is 73.9 Å². The lowest BCUT2D eigenvalue weighted by atomic mass is 10.3. The van der Waals surface area contributed by atoms with Crippen LogP contribution in [0.25, 0.3) is 0 Å². The molecule has 0 aliphatic carbocycles. The molecule has 1 N–H and O–H groups in total. The number of carbonyl (C=O) groups is 1. The van der Waals surface area contributed by atoms with Gasteiger partial charge < -0.3 is 13.8 Å². The predicted molar refractivity (Wildman–Crippen MR) is 108 cm³/mol. The van der Waals surface area contributed by atoms with Crippen molar-refractivity contribution >= 4 is 41.2 Å². The fourth-order valence-corrected chi connectivity index (χ4v) is 4.30. The van der Waals surface area contributed by atoms with Crippen LogP contribution in [0.3, 0.4) is 0 Å². The summed E-state index contributed by atoms with van der Waals surface area (Å²) in [4.78, 5) is 12.1. The molecule has 0 amide bonds. The zero-order chi connectivity index (χ0) is 20.0. The van der Waals surface area contributed by atoms with Gasteiger partial charge in [0.1, 0.15) is 17.5 Å². The molecule has 0 saturated carbocycles. The van der Waals surface area contributed by atoms with E-state index in [2.05, 4.69) is 21.0 Å². The van der Waals surface area contributed by atoms with E-state index in [0.717, 1.165) is 4.47 Å². The summed E-state index contributed by atoms with van der Waals surface area (Å²) < 4.78 is 30.4. The first-order chi connectivity index (χ1) is 12.7. The molecule has 6 nitrogen and oxygen atoms in total. The van der Waals surface area contributed by atoms with Gasteiger partial charge in [-0.05, 0) is 51.1 Å². The van der Waals surface area contributed by atoms with Gasteiger partial charge >= 0.3 is 13.7 Å². The highest BCUT2D eigenvalue weighted by Crippen LogP contribution is 2.47. The number of rotatable bonds is 8. The van der Waals surface area contributed by atoms with Crippen LogP contribution < -0.4 is 14.1 Å². The molecule has 0 saturated heterocycles. The molecule has 2 aromatic rings. The molecule has 0 bridgehead atoms. The van der Waals surface area contributed by atoms with Gasteiger partial charge in [-0.3, -0.25) is 4.79 Å². The Bertz CT molecular complexity index is 834. The van der Waals surface area contributed by atoms with E-state index >= 15 is 0 Å². The maximum Gasteiger partial charge on any atom is 0.513 e. The van der Waals surface area contributed by atoms with Gasteiger partial charge in [-0.15, -0.1) is 0 Å². The average molecular weight is 477 g/mol. The summed E-state index contributed by atoms with van der Waals surface area (Å²) >= 11 is 9.45. The van der Waals surface area contributed by atoms with Crippen molar-refractivity contribution in [3.8, 4) is 11.5 Å². The highest BCUT2D eigenvalue weighted by atomic mass is 79.9. The van der Waals surface area contributed by atoms with Crippen LogP contribution in [0, 0.1) is 0 Å². The molecule has 27 heavy (non-hydrogen) atoms. The molecule has 2 atom stereocenters. The van der Waals surface area contributed by atoms with Crippen molar-refractivity contribution in [2.24, 2.45) is 0 Å². The van der Waals surface area contributed by atoms with Crippen LogP contribution in [-0.4, -0.2) is 18.1 Å². The molecule has 0 aromatic heterocycles. The number of para-hydroxylation sites is 1. The molecule has 0 spiro atoms. The summed E-state index contributed by atoms with van der Waals surface area (Å²) in [6.45, 7) is 4.96. The van der Waals surface area contributed by atoms with Crippen molar-refractivity contribution in [2.75, 3.05) is 0 Å². The van der Waals surface area contributed by atoms with Crippen molar-refractivity contribution in [3.05, 3.63) is 58.0 Å². The molecular weight excluding hydrogens is 457 g/mol. The summed E-state index contributed by atoms with van der Waals surface area (Å²) in [7, 11) is -4.01. The Hall–Kier alpha value is -1.53. The first-order valence-electron chi connectivity index (χ1n) is 8.16. The number of ether oxygens (including phenoxy) is 1. The third kappa shape index (κ3) is 6.85. The lowest BCUT2D eigenvalue weighted by Gasteiger charge is -2.24. The molecule has 1 unspecified atom stereocenters. The van der Waals surface area contributed by atoms with Crippen LogP contribution in [0.5, 0.6) is 11.5 Å². The Morgan fingerprint density at radius 3 is 2.37 bits per heavy atom. The minimum absolute atomic E-state index is 0.149. The second-order valence-electron chi connectivity index (χ2n) is 5.90. The number of carbonyl (C=O) groups excluding carboxylic acids is 1. The van der Waals surface area contributed by atoms with E-state index in [0.29, 0.717) is 5.75 Å². The maximum absolute atomic E-state index is 13.4. The number of halogens is 2. The zero-order valence-electron chi connectivity index (χ0n) is 15.0. The van der Waals surface area contributed by atoms with E-state index < -0.39 is 19.8 Å². The van der Waals surface area contributed by atoms with Crippen molar-refractivity contribution in [3.63, 3.8) is 0 Å². The van der Waals surface area contributed by atoms with Crippen LogP contribution in [0.2, 0.25) is 5.02 Å². The van der Waals surface area contributed by atoms with Crippen LogP contribution >= 0.6 is 35.3 Å². The summed E-state index contributed by atoms with van der Waals surface area (Å²) in [5, 5.41) is 2.84. The molecule has 2 rings (SSSR count). The Kier molecular flexibility index (Phi) is 7.74. The van der Waals surface area contributed by atoms with Gasteiger partial charge in [0, 0.05) is 4.47 Å². The van der Waals surface area contributed by atoms with Gasteiger partial charge in [-0.1, -0.05) is 45.7 Å². The molecule has 0 radical (unpaired) electrons. The zero-order valence-corrected chi connectivity index (χ0v) is 18.3. The number of hydrogen-bond acceptors (Lipinski definition) is 5. The van der Waals surface area contributed by atoms with Crippen molar-refractivity contribution in [1.29, 1.82) is 0 Å². The van der Waals surface area contributed by atoms with Crippen molar-refractivity contribution < 1.29 is 23.1 Å². The van der Waals surface area contributed by atoms with E-state index in [1.807, 2.05) is 0 Å². The monoisotopic (exact) mass is 475 g/mol. The summed E-state index contributed by atoms with van der Waals surface area (Å²) in [5.74, 6) is -0.116. The van der Waals surface area contributed by atoms with Gasteiger partial charge in [0.25, 0.3) is 0 Å². The van der Waals surface area contributed by atoms with Crippen molar-refractivity contribution in [2.45, 2.75) is 32.9 Å². The molecule has 0 heterocycles. The summed E-state index contributed by atoms with van der Waals surface area (Å²) in [5.41, 5.74) is 0. The van der Waals surface area contributed by atoms with E-state index in [-0.39, 0.29) is 16.9 Å². The normalized spacial score (nSPS) is 14.3. The molecule has 146 valence electrons. The average Bonchev–Trinajstić information content (AvgIpc) is 2.57. The second-order valence-corrected chi connectivity index (χ2v) is 8.85. The highest BCUT2D eigenvalue weighted by molar-refractivity contribution is 9.10. The lowest BCUT2D eigenvalue weighted by molar-refractivity contribution is -0.149. The Morgan fingerprint density at radius 1 is 1.11 bits per heavy atom.